The number of aromatic amines is 1. The largest absolute Gasteiger partial charge is 0.481 e. The van der Waals surface area contributed by atoms with Gasteiger partial charge < -0.3 is 46.7 Å². The topological polar surface area (TPSA) is 406 Å². The van der Waals surface area contributed by atoms with Gasteiger partial charge in [-0.1, -0.05) is 46.6 Å². The average molecular weight is 1260 g/mol. The first-order valence-electron chi connectivity index (χ1n) is 29.4. The molecule has 88 heavy (non-hydrogen) atoms. The number of carbonyl (C=O) groups is 14. The molecular formula is C58H76N11O17PS. The van der Waals surface area contributed by atoms with Gasteiger partial charge in [0.25, 0.3) is 23.6 Å². The highest BCUT2D eigenvalue weighted by Gasteiger charge is 2.45. The van der Waals surface area contributed by atoms with Crippen LogP contribution >= 0.6 is 19.2 Å². The Labute approximate surface area is 511 Å². The molecule has 10 amide bonds. The molecule has 0 radical (unpaired) electrons. The minimum Gasteiger partial charge on any atom is -0.481 e. The molecule has 1 aromatic carbocycles. The molecular weight excluding hydrogens is 1190 g/mol. The van der Waals surface area contributed by atoms with Crippen LogP contribution in [-0.4, -0.2) is 200 Å². The predicted molar refractivity (Wildman–Crippen MR) is 316 cm³/mol. The first-order chi connectivity index (χ1) is 41.8. The molecule has 6 heterocycles. The van der Waals surface area contributed by atoms with E-state index in [1.807, 2.05) is 0 Å². The summed E-state index contributed by atoms with van der Waals surface area (Å²) in [7, 11) is -3.62. The minimum absolute atomic E-state index is 0.0644. The lowest BCUT2D eigenvalue weighted by molar-refractivity contribution is -0.148. The number of aliphatic hydroxyl groups is 1. The second-order valence-electron chi connectivity index (χ2n) is 22.8. The Morgan fingerprint density at radius 3 is 1.93 bits per heavy atom. The number of ketones is 3. The zero-order valence-electron chi connectivity index (χ0n) is 49.4. The predicted octanol–water partition coefficient (Wildman–Crippen LogP) is -0.690. The van der Waals surface area contributed by atoms with Gasteiger partial charge >= 0.3 is 5.97 Å². The highest BCUT2D eigenvalue weighted by molar-refractivity contribution is 7.99. The van der Waals surface area contributed by atoms with Crippen molar-refractivity contribution in [1.82, 2.24) is 56.4 Å². The van der Waals surface area contributed by atoms with Gasteiger partial charge in [0.2, 0.25) is 42.9 Å². The maximum Gasteiger partial charge on any atom is 0.304 e. The van der Waals surface area contributed by atoms with Crippen molar-refractivity contribution in [1.29, 1.82) is 0 Å². The lowest BCUT2D eigenvalue weighted by Gasteiger charge is -2.31. The van der Waals surface area contributed by atoms with Gasteiger partial charge in [-0.05, 0) is 47.9 Å². The van der Waals surface area contributed by atoms with E-state index in [1.54, 1.807) is 45.9 Å². The number of hydrogen-bond donors (Lipinski definition) is 10. The molecule has 1 saturated heterocycles. The lowest BCUT2D eigenvalue weighted by atomic mass is 9.86. The smallest absolute Gasteiger partial charge is 0.304 e. The summed E-state index contributed by atoms with van der Waals surface area (Å²) in [5.41, 5.74) is 1.33. The van der Waals surface area contributed by atoms with E-state index in [9.17, 15) is 81.9 Å². The number of thioether (sulfide) groups is 1. The van der Waals surface area contributed by atoms with Crippen LogP contribution in [0.3, 0.4) is 0 Å². The minimum atomic E-state index is -3.62. The summed E-state index contributed by atoms with van der Waals surface area (Å²) in [6, 6.07) is -0.374. The van der Waals surface area contributed by atoms with Crippen LogP contribution in [0.1, 0.15) is 90.2 Å². The Bertz CT molecular complexity index is 3150. The van der Waals surface area contributed by atoms with E-state index in [2.05, 4.69) is 41.7 Å². The number of nitrogens with zero attached hydrogens (tertiary/aromatic N) is 3. The van der Waals surface area contributed by atoms with Gasteiger partial charge in [0.15, 0.2) is 11.6 Å². The normalized spacial score (nSPS) is 24.7. The highest BCUT2D eigenvalue weighted by Crippen LogP contribution is 2.38. The van der Waals surface area contributed by atoms with E-state index < -0.39 is 177 Å². The number of hydrogen-bond acceptors (Lipinski definition) is 17. The fourth-order valence-electron chi connectivity index (χ4n) is 11.1. The van der Waals surface area contributed by atoms with Crippen molar-refractivity contribution in [2.45, 2.75) is 127 Å². The molecule has 0 aliphatic carbocycles. The number of benzene rings is 1. The number of H-pyrrole nitrogens is 1. The van der Waals surface area contributed by atoms with E-state index in [4.69, 9.17) is 0 Å². The van der Waals surface area contributed by atoms with Crippen molar-refractivity contribution in [2.75, 3.05) is 57.7 Å². The summed E-state index contributed by atoms with van der Waals surface area (Å²) in [6.07, 6.45) is 0.847. The standard InChI is InChI=1S/C58H76N11O17PS/c1-5-31(3)52-44(73)23-34-22-39-38-21-33(20-36(70)8-7-19-87(86,61-15-17-67-47(76)11-12-48(67)77)62-16-18-68-49(78)13-14-50(68)79)9-10-40(38)64-57(39)88-30-41(63-45(74)27-60-56(84)53(32(4)6-2)65-46(75)28-59-54(34)82)43(72)24-35(25-51(80)81)58(85)69-29-37(71)26-42(69)55(83)66-52/h9-14,21,31-32,34-35,37,41-42,52-53,64,71H,5-8,15-20,22-30H2,1-4H3,(H,59,82)(H,60,84)(H,63,74)(H,65,75)(H,66,83)(H,80,81)(H2,61,62,86)/t31?,32-,34+,35-,37+,41-,42-,52-,53-/m0/s1. The van der Waals surface area contributed by atoms with Crippen molar-refractivity contribution >= 4 is 112 Å². The van der Waals surface area contributed by atoms with Gasteiger partial charge in [-0.3, -0.25) is 91.7 Å². The number of carbonyl (C=O) groups excluding carboxylic acids is 13. The SMILES string of the molecule is CCC(C)[C@@H]1NC(=O)[C@@H]2C[C@@H](O)CN2C(=O)[C@H](CC(=O)O)CC(=O)[C@@H]2CSc3[nH]c4ccc(CC(=O)CCCP(=O)(NCCN5C(=O)C=CC5=O)NCCN5C(=O)C=CC5=O)cc4c3C[C@H](CC1=O)C(=O)NCC(=O)N[C@@H]([C@@H](C)CC)C(=O)NCC(=O)N2. The first kappa shape index (κ1) is 67.8. The van der Waals surface area contributed by atoms with Crippen LogP contribution in [0.25, 0.3) is 10.9 Å². The third-order valence-electron chi connectivity index (χ3n) is 16.5. The Morgan fingerprint density at radius 2 is 1.33 bits per heavy atom. The molecule has 0 spiro atoms. The number of nitrogens with one attached hydrogen (secondary N) is 8. The van der Waals surface area contributed by atoms with Crippen LogP contribution in [0.15, 0.2) is 47.5 Å². The molecule has 2 aromatic rings. The van der Waals surface area contributed by atoms with Gasteiger partial charge in [0.05, 0.1) is 48.6 Å². The zero-order chi connectivity index (χ0) is 64.1. The number of aromatic nitrogens is 1. The maximum atomic E-state index is 14.9. The molecule has 28 nitrogen and oxygen atoms in total. The molecule has 9 atom stereocenters. The molecule has 1 aromatic heterocycles. The first-order valence-corrected chi connectivity index (χ1v) is 32.3. The summed E-state index contributed by atoms with van der Waals surface area (Å²) in [4.78, 5) is 196. The van der Waals surface area contributed by atoms with Crippen molar-refractivity contribution < 1.29 is 81.9 Å². The van der Waals surface area contributed by atoms with Crippen LogP contribution in [0.2, 0.25) is 0 Å². The Balaban J connectivity index is 1.24. The van der Waals surface area contributed by atoms with Crippen LogP contribution in [0.4, 0.5) is 0 Å². The lowest BCUT2D eigenvalue weighted by Crippen LogP contribution is -2.55. The van der Waals surface area contributed by atoms with Crippen molar-refractivity contribution in [3.63, 3.8) is 0 Å². The van der Waals surface area contributed by atoms with Crippen molar-refractivity contribution in [3.05, 3.63) is 53.6 Å². The quantitative estimate of drug-likeness (QED) is 0.0579. The van der Waals surface area contributed by atoms with Gasteiger partial charge in [0.1, 0.15) is 17.9 Å². The summed E-state index contributed by atoms with van der Waals surface area (Å²) < 4.78 is 14.3. The number of fused-ring (bicyclic) bond motifs is 5. The number of imide groups is 2. The molecule has 2 bridgehead atoms. The molecule has 5 aliphatic heterocycles. The van der Waals surface area contributed by atoms with Gasteiger partial charge in [-0.25, -0.2) is 0 Å². The average Bonchev–Trinajstić information content (AvgIpc) is 3.36. The number of Topliss-reactive ketones (excluding diaryl/α,β-unsaturated/α-hetero) is 3. The fraction of sp³-hybridized carbons (Fsp3) is 0.552. The molecule has 1 fully saturated rings. The summed E-state index contributed by atoms with van der Waals surface area (Å²) in [5.74, 6) is -14.6. The van der Waals surface area contributed by atoms with Crippen molar-refractivity contribution in [3.8, 4) is 0 Å². The Hall–Kier alpha value is -7.72. The Morgan fingerprint density at radius 1 is 0.739 bits per heavy atom. The van der Waals surface area contributed by atoms with E-state index in [1.165, 1.54) is 0 Å². The van der Waals surface area contributed by atoms with E-state index in [0.29, 0.717) is 39.9 Å². The third-order valence-corrected chi connectivity index (χ3v) is 20.0. The second kappa shape index (κ2) is 30.5. The maximum absolute atomic E-state index is 14.9. The van der Waals surface area contributed by atoms with Crippen LogP contribution in [0.5, 0.6) is 0 Å². The number of carboxylic acids is 1. The molecule has 10 N–H and O–H groups in total. The van der Waals surface area contributed by atoms with Crippen molar-refractivity contribution in [2.24, 2.45) is 23.7 Å². The van der Waals surface area contributed by atoms with E-state index in [-0.39, 0.29) is 76.0 Å². The van der Waals surface area contributed by atoms with Gasteiger partial charge in [0, 0.05) is 118 Å². The number of amides is 10. The molecule has 7 rings (SSSR count). The van der Waals surface area contributed by atoms with Crippen LogP contribution in [0, 0.1) is 23.7 Å². The number of carboxylic acid groups (broad SMARTS) is 1. The number of rotatable bonds is 20. The molecule has 5 aliphatic rings. The van der Waals surface area contributed by atoms with Gasteiger partial charge in [-0.2, -0.15) is 0 Å². The fourth-order valence-corrected chi connectivity index (χ4v) is 14.3. The van der Waals surface area contributed by atoms with Crippen LogP contribution < -0.4 is 36.8 Å². The highest BCUT2D eigenvalue weighted by atomic mass is 32.2. The second-order valence-corrected chi connectivity index (χ2v) is 26.4. The van der Waals surface area contributed by atoms with E-state index >= 15 is 0 Å². The number of aliphatic carboxylic acids is 1. The molecule has 1 unspecified atom stereocenters. The van der Waals surface area contributed by atoms with Crippen LogP contribution in [-0.2, 0) is 84.5 Å². The molecule has 476 valence electrons. The molecule has 30 heteroatoms. The monoisotopic (exact) mass is 1260 g/mol. The summed E-state index contributed by atoms with van der Waals surface area (Å²) in [6.45, 7) is 4.71. The Kier molecular flexibility index (Phi) is 23.5. The zero-order valence-corrected chi connectivity index (χ0v) is 51.1. The third kappa shape index (κ3) is 17.5. The summed E-state index contributed by atoms with van der Waals surface area (Å²) in [5, 5.41) is 40.6. The molecule has 0 saturated carbocycles. The number of aliphatic hydroxyl groups excluding tert-OH is 1. The summed E-state index contributed by atoms with van der Waals surface area (Å²) >= 11 is 1.00. The van der Waals surface area contributed by atoms with Gasteiger partial charge in [-0.15, -0.1) is 11.8 Å². The van der Waals surface area contributed by atoms with E-state index in [0.717, 1.165) is 50.8 Å².